The number of hydrogen-bond donors (Lipinski definition) is 1. The van der Waals surface area contributed by atoms with E-state index in [1.165, 1.54) is 12.0 Å². The number of hydrogen-bond acceptors (Lipinski definition) is 5. The molecule has 4 heterocycles. The van der Waals surface area contributed by atoms with E-state index in [9.17, 15) is 0 Å². The normalized spacial score (nSPS) is 17.7. The number of aromatic amines is 1. The van der Waals surface area contributed by atoms with Crippen molar-refractivity contribution in [2.24, 2.45) is 0 Å². The van der Waals surface area contributed by atoms with Gasteiger partial charge >= 0.3 is 0 Å². The number of nitrogens with one attached hydrogen (secondary N) is 1. The highest BCUT2D eigenvalue weighted by molar-refractivity contribution is 5.75. The summed E-state index contributed by atoms with van der Waals surface area (Å²) in [5, 5.41) is 0. The predicted octanol–water partition coefficient (Wildman–Crippen LogP) is 4.26. The van der Waals surface area contributed by atoms with Crippen LogP contribution < -0.4 is 0 Å². The molecule has 0 saturated carbocycles. The minimum absolute atomic E-state index is 0.308. The van der Waals surface area contributed by atoms with Crippen molar-refractivity contribution in [1.29, 1.82) is 0 Å². The molecule has 136 valence electrons. The van der Waals surface area contributed by atoms with Crippen LogP contribution in [-0.2, 0) is 6.54 Å². The van der Waals surface area contributed by atoms with Crippen molar-refractivity contribution in [3.8, 4) is 11.6 Å². The largest absolute Gasteiger partial charge is 0.461 e. The van der Waals surface area contributed by atoms with Crippen molar-refractivity contribution in [2.45, 2.75) is 32.4 Å². The van der Waals surface area contributed by atoms with Crippen LogP contribution in [0.25, 0.3) is 22.6 Å². The van der Waals surface area contributed by atoms with Crippen LogP contribution in [0.15, 0.2) is 53.4 Å². The monoisotopic (exact) mass is 359 g/mol. The number of likely N-dealkylation sites (tertiary alicyclic amines) is 1. The molecule has 1 aliphatic heterocycles. The molecule has 1 atom stereocenters. The van der Waals surface area contributed by atoms with Gasteiger partial charge in [-0.05, 0) is 56.1 Å². The summed E-state index contributed by atoms with van der Waals surface area (Å²) in [5.74, 6) is 2.37. The van der Waals surface area contributed by atoms with Crippen LogP contribution in [0.4, 0.5) is 0 Å². The fraction of sp³-hybridized carbons (Fsp3) is 0.286. The van der Waals surface area contributed by atoms with Crippen LogP contribution >= 0.6 is 0 Å². The van der Waals surface area contributed by atoms with E-state index in [0.717, 1.165) is 41.9 Å². The average Bonchev–Trinajstić information content (AvgIpc) is 3.42. The molecule has 1 aromatic carbocycles. The summed E-state index contributed by atoms with van der Waals surface area (Å²) in [4.78, 5) is 19.7. The molecule has 27 heavy (non-hydrogen) atoms. The molecule has 0 spiro atoms. The van der Waals surface area contributed by atoms with Gasteiger partial charge in [0.2, 0.25) is 0 Å². The molecule has 0 radical (unpaired) electrons. The standard InChI is InChI=1S/C21H21N5O/c1-14-6-7-16-17(10-14)25-20(24-16)18-4-2-8-26(18)13-15-11-22-21(23-12-15)19-5-3-9-27-19/h3,5-7,9-12,18H,2,4,8,13H2,1H3,(H,24,25). The minimum Gasteiger partial charge on any atom is -0.461 e. The number of imidazole rings is 1. The van der Waals surface area contributed by atoms with Gasteiger partial charge in [0.05, 0.1) is 23.3 Å². The van der Waals surface area contributed by atoms with Gasteiger partial charge in [-0.1, -0.05) is 6.07 Å². The lowest BCUT2D eigenvalue weighted by atomic mass is 10.2. The Morgan fingerprint density at radius 1 is 1.22 bits per heavy atom. The van der Waals surface area contributed by atoms with E-state index >= 15 is 0 Å². The van der Waals surface area contributed by atoms with Crippen molar-refractivity contribution in [2.75, 3.05) is 6.54 Å². The average molecular weight is 359 g/mol. The second-order valence-electron chi connectivity index (χ2n) is 7.16. The second-order valence-corrected chi connectivity index (χ2v) is 7.16. The van der Waals surface area contributed by atoms with E-state index < -0.39 is 0 Å². The van der Waals surface area contributed by atoms with E-state index in [1.807, 2.05) is 24.5 Å². The van der Waals surface area contributed by atoms with E-state index in [1.54, 1.807) is 6.26 Å². The first kappa shape index (κ1) is 16.2. The molecule has 6 heteroatoms. The first-order valence-electron chi connectivity index (χ1n) is 9.31. The number of benzene rings is 1. The van der Waals surface area contributed by atoms with Crippen molar-refractivity contribution < 1.29 is 4.42 Å². The Morgan fingerprint density at radius 2 is 2.11 bits per heavy atom. The summed E-state index contributed by atoms with van der Waals surface area (Å²) in [6, 6.07) is 10.4. The SMILES string of the molecule is Cc1ccc2nc(C3CCCN3Cc3cnc(-c4ccco4)nc3)[nH]c2c1. The number of nitrogens with zero attached hydrogens (tertiary/aromatic N) is 4. The maximum atomic E-state index is 5.36. The highest BCUT2D eigenvalue weighted by Gasteiger charge is 2.28. The van der Waals surface area contributed by atoms with Gasteiger partial charge in [0.15, 0.2) is 11.6 Å². The molecule has 1 fully saturated rings. The summed E-state index contributed by atoms with van der Waals surface area (Å²) in [5.41, 5.74) is 4.50. The summed E-state index contributed by atoms with van der Waals surface area (Å²) in [6.45, 7) is 3.98. The van der Waals surface area contributed by atoms with Gasteiger partial charge in [0.25, 0.3) is 0 Å². The molecule has 6 nitrogen and oxygen atoms in total. The molecule has 1 aliphatic rings. The lowest BCUT2D eigenvalue weighted by Crippen LogP contribution is -2.23. The van der Waals surface area contributed by atoms with Crippen LogP contribution in [0.5, 0.6) is 0 Å². The van der Waals surface area contributed by atoms with Crippen LogP contribution in [0.2, 0.25) is 0 Å². The minimum atomic E-state index is 0.308. The Bertz CT molecular complexity index is 1050. The molecular formula is C21H21N5O. The summed E-state index contributed by atoms with van der Waals surface area (Å²) >= 11 is 0. The van der Waals surface area contributed by atoms with Crippen LogP contribution in [0.1, 0.15) is 35.8 Å². The molecule has 1 unspecified atom stereocenters. The third-order valence-corrected chi connectivity index (χ3v) is 5.17. The molecular weight excluding hydrogens is 338 g/mol. The second kappa shape index (κ2) is 6.63. The highest BCUT2D eigenvalue weighted by Crippen LogP contribution is 2.32. The molecule has 0 bridgehead atoms. The smallest absolute Gasteiger partial charge is 0.195 e. The molecule has 1 N–H and O–H groups in total. The van der Waals surface area contributed by atoms with Gasteiger partial charge in [-0.3, -0.25) is 4.90 Å². The number of fused-ring (bicyclic) bond motifs is 1. The topological polar surface area (TPSA) is 70.8 Å². The summed E-state index contributed by atoms with van der Waals surface area (Å²) in [7, 11) is 0. The summed E-state index contributed by atoms with van der Waals surface area (Å²) < 4.78 is 5.36. The zero-order chi connectivity index (χ0) is 18.2. The predicted molar refractivity (Wildman–Crippen MR) is 103 cm³/mol. The Balaban J connectivity index is 1.36. The van der Waals surface area contributed by atoms with Gasteiger partial charge in [0.1, 0.15) is 5.82 Å². The molecule has 5 rings (SSSR count). The fourth-order valence-electron chi connectivity index (χ4n) is 3.83. The Labute approximate surface area is 157 Å². The van der Waals surface area contributed by atoms with Crippen molar-refractivity contribution in [1.82, 2.24) is 24.8 Å². The maximum Gasteiger partial charge on any atom is 0.195 e. The molecule has 4 aromatic rings. The van der Waals surface area contributed by atoms with Crippen LogP contribution in [0, 0.1) is 6.92 Å². The van der Waals surface area contributed by atoms with E-state index in [2.05, 4.69) is 45.0 Å². The Hall–Kier alpha value is -2.99. The number of furan rings is 1. The highest BCUT2D eigenvalue weighted by atomic mass is 16.3. The number of aryl methyl sites for hydroxylation is 1. The molecule has 1 saturated heterocycles. The Morgan fingerprint density at radius 3 is 2.93 bits per heavy atom. The van der Waals surface area contributed by atoms with Gasteiger partial charge in [-0.25, -0.2) is 15.0 Å². The maximum absolute atomic E-state index is 5.36. The molecule has 3 aromatic heterocycles. The molecule has 0 aliphatic carbocycles. The third kappa shape index (κ3) is 3.13. The van der Waals surface area contributed by atoms with Crippen LogP contribution in [-0.4, -0.2) is 31.4 Å². The lowest BCUT2D eigenvalue weighted by Gasteiger charge is -2.22. The van der Waals surface area contributed by atoms with Crippen molar-refractivity contribution in [3.05, 3.63) is 65.9 Å². The zero-order valence-corrected chi connectivity index (χ0v) is 15.2. The van der Waals surface area contributed by atoms with E-state index in [0.29, 0.717) is 17.6 Å². The number of H-pyrrole nitrogens is 1. The third-order valence-electron chi connectivity index (χ3n) is 5.17. The van der Waals surface area contributed by atoms with Gasteiger partial charge < -0.3 is 9.40 Å². The zero-order valence-electron chi connectivity index (χ0n) is 15.2. The quantitative estimate of drug-likeness (QED) is 0.589. The van der Waals surface area contributed by atoms with Gasteiger partial charge in [-0.15, -0.1) is 0 Å². The number of aromatic nitrogens is 4. The van der Waals surface area contributed by atoms with Crippen molar-refractivity contribution >= 4 is 11.0 Å². The van der Waals surface area contributed by atoms with Crippen LogP contribution in [0.3, 0.4) is 0 Å². The van der Waals surface area contributed by atoms with E-state index in [4.69, 9.17) is 9.40 Å². The molecule has 0 amide bonds. The first-order valence-corrected chi connectivity index (χ1v) is 9.31. The number of rotatable bonds is 4. The van der Waals surface area contributed by atoms with E-state index in [-0.39, 0.29) is 0 Å². The first-order chi connectivity index (χ1) is 13.3. The summed E-state index contributed by atoms with van der Waals surface area (Å²) in [6.07, 6.45) is 7.71. The lowest BCUT2D eigenvalue weighted by molar-refractivity contribution is 0.240. The van der Waals surface area contributed by atoms with Gasteiger partial charge in [-0.2, -0.15) is 0 Å². The van der Waals surface area contributed by atoms with Crippen molar-refractivity contribution in [3.63, 3.8) is 0 Å². The Kier molecular flexibility index (Phi) is 3.98. The van der Waals surface area contributed by atoms with Gasteiger partial charge in [0, 0.05) is 24.5 Å². The fourth-order valence-corrected chi connectivity index (χ4v) is 3.83.